The fourth-order valence-electron chi connectivity index (χ4n) is 1.60. The second-order valence-corrected chi connectivity index (χ2v) is 5.05. The highest BCUT2D eigenvalue weighted by Gasteiger charge is 2.13. The Hall–Kier alpha value is -0.0900. The number of hydrogen-bond acceptors (Lipinski definition) is 3. The van der Waals surface area contributed by atoms with Gasteiger partial charge in [0.1, 0.15) is 0 Å². The minimum absolute atomic E-state index is 0.732. The van der Waals surface area contributed by atoms with Gasteiger partial charge < -0.3 is 0 Å². The second kappa shape index (κ2) is 3.96. The van der Waals surface area contributed by atoms with Crippen LogP contribution >= 0.6 is 27.7 Å². The summed E-state index contributed by atoms with van der Waals surface area (Å²) in [5, 5.41) is 0. The Labute approximate surface area is 90.7 Å². The fraction of sp³-hybridized carbons (Fsp3) is 0.556. The third-order valence-electron chi connectivity index (χ3n) is 2.25. The van der Waals surface area contributed by atoms with Crippen molar-refractivity contribution in [3.05, 3.63) is 21.7 Å². The maximum absolute atomic E-state index is 4.43. The van der Waals surface area contributed by atoms with Crippen LogP contribution in [0.25, 0.3) is 0 Å². The Balaban J connectivity index is 2.47. The van der Waals surface area contributed by atoms with Crippen molar-refractivity contribution in [1.29, 1.82) is 0 Å². The van der Waals surface area contributed by atoms with Crippen LogP contribution in [-0.4, -0.2) is 21.5 Å². The van der Waals surface area contributed by atoms with Gasteiger partial charge >= 0.3 is 0 Å². The van der Waals surface area contributed by atoms with Crippen molar-refractivity contribution in [3.63, 3.8) is 0 Å². The van der Waals surface area contributed by atoms with Gasteiger partial charge in [0.15, 0.2) is 4.73 Å². The third kappa shape index (κ3) is 2.05. The lowest BCUT2D eigenvalue weighted by atomic mass is 10.1. The minimum Gasteiger partial charge on any atom is -0.227 e. The van der Waals surface area contributed by atoms with E-state index in [4.69, 9.17) is 0 Å². The number of fused-ring (bicyclic) bond motifs is 1. The molecule has 0 saturated heterocycles. The smallest absolute Gasteiger partial charge is 0.197 e. The van der Waals surface area contributed by atoms with Gasteiger partial charge in [0.2, 0.25) is 0 Å². The highest BCUT2D eigenvalue weighted by Crippen LogP contribution is 2.21. The van der Waals surface area contributed by atoms with Crippen LogP contribution in [0.5, 0.6) is 0 Å². The fourth-order valence-corrected chi connectivity index (χ4v) is 2.97. The van der Waals surface area contributed by atoms with Gasteiger partial charge in [0.05, 0.1) is 0 Å². The average molecular weight is 259 g/mol. The van der Waals surface area contributed by atoms with Crippen LogP contribution < -0.4 is 0 Å². The molecule has 0 spiro atoms. The van der Waals surface area contributed by atoms with Crippen molar-refractivity contribution in [2.24, 2.45) is 0 Å². The van der Waals surface area contributed by atoms with Gasteiger partial charge in [-0.3, -0.25) is 0 Å². The normalized spacial score (nSPS) is 16.5. The van der Waals surface area contributed by atoms with E-state index in [1.54, 1.807) is 0 Å². The molecule has 0 atom stereocenters. The number of aromatic nitrogens is 2. The zero-order valence-corrected chi connectivity index (χ0v) is 9.91. The standard InChI is InChI=1S/C9H11BrN2S/c1-6-7-2-4-13-5-3-8(7)12-9(10)11-6/h2-5H2,1H3. The van der Waals surface area contributed by atoms with Gasteiger partial charge in [-0.15, -0.1) is 0 Å². The predicted octanol–water partition coefficient (Wildman–Crippen LogP) is 2.38. The highest BCUT2D eigenvalue weighted by molar-refractivity contribution is 9.10. The summed E-state index contributed by atoms with van der Waals surface area (Å²) in [4.78, 5) is 8.75. The summed E-state index contributed by atoms with van der Waals surface area (Å²) < 4.78 is 0.732. The van der Waals surface area contributed by atoms with Crippen LogP contribution in [0.3, 0.4) is 0 Å². The predicted molar refractivity (Wildman–Crippen MR) is 59.2 cm³/mol. The summed E-state index contributed by atoms with van der Waals surface area (Å²) in [7, 11) is 0. The average Bonchev–Trinajstić information content (AvgIpc) is 2.28. The molecule has 2 rings (SSSR count). The van der Waals surface area contributed by atoms with E-state index >= 15 is 0 Å². The molecule has 0 saturated carbocycles. The number of thioether (sulfide) groups is 1. The molecule has 0 amide bonds. The Morgan fingerprint density at radius 1 is 1.23 bits per heavy atom. The van der Waals surface area contributed by atoms with Gasteiger partial charge in [0.25, 0.3) is 0 Å². The van der Waals surface area contributed by atoms with Crippen LogP contribution in [0, 0.1) is 6.92 Å². The quantitative estimate of drug-likeness (QED) is 0.669. The number of hydrogen-bond donors (Lipinski definition) is 0. The van der Waals surface area contributed by atoms with Crippen LogP contribution in [-0.2, 0) is 12.8 Å². The van der Waals surface area contributed by atoms with E-state index in [1.807, 2.05) is 11.8 Å². The molecular weight excluding hydrogens is 248 g/mol. The van der Waals surface area contributed by atoms with Crippen molar-refractivity contribution < 1.29 is 0 Å². The van der Waals surface area contributed by atoms with E-state index < -0.39 is 0 Å². The molecule has 0 aromatic carbocycles. The number of halogens is 1. The molecule has 70 valence electrons. The molecule has 4 heteroatoms. The first kappa shape index (κ1) is 9.46. The Morgan fingerprint density at radius 2 is 2.00 bits per heavy atom. The maximum atomic E-state index is 4.43. The Morgan fingerprint density at radius 3 is 2.85 bits per heavy atom. The highest BCUT2D eigenvalue weighted by atomic mass is 79.9. The molecule has 0 radical (unpaired) electrons. The SMILES string of the molecule is Cc1nc(Br)nc2c1CCSCC2. The van der Waals surface area contributed by atoms with E-state index in [-0.39, 0.29) is 0 Å². The van der Waals surface area contributed by atoms with Gasteiger partial charge in [-0.1, -0.05) is 0 Å². The lowest BCUT2D eigenvalue weighted by Gasteiger charge is -2.07. The first-order valence-electron chi connectivity index (χ1n) is 4.37. The Kier molecular flexibility index (Phi) is 2.89. The largest absolute Gasteiger partial charge is 0.227 e. The van der Waals surface area contributed by atoms with Crippen molar-refractivity contribution in [2.45, 2.75) is 19.8 Å². The molecule has 1 aliphatic rings. The lowest BCUT2D eigenvalue weighted by Crippen LogP contribution is -2.03. The third-order valence-corrected chi connectivity index (χ3v) is 3.59. The molecule has 0 aliphatic carbocycles. The summed E-state index contributed by atoms with van der Waals surface area (Å²) in [5.74, 6) is 2.40. The molecule has 0 N–H and O–H groups in total. The van der Waals surface area contributed by atoms with Crippen molar-refractivity contribution >= 4 is 27.7 Å². The van der Waals surface area contributed by atoms with Crippen LogP contribution in [0.15, 0.2) is 4.73 Å². The van der Waals surface area contributed by atoms with E-state index in [9.17, 15) is 0 Å². The maximum Gasteiger partial charge on any atom is 0.197 e. The van der Waals surface area contributed by atoms with Crippen LogP contribution in [0.1, 0.15) is 17.0 Å². The van der Waals surface area contributed by atoms with E-state index in [1.165, 1.54) is 22.8 Å². The molecule has 13 heavy (non-hydrogen) atoms. The molecule has 0 fully saturated rings. The van der Waals surface area contributed by atoms with Crippen LogP contribution in [0.4, 0.5) is 0 Å². The summed E-state index contributed by atoms with van der Waals surface area (Å²) in [6, 6.07) is 0. The summed E-state index contributed by atoms with van der Waals surface area (Å²) in [6.45, 7) is 2.07. The van der Waals surface area contributed by atoms with Crippen molar-refractivity contribution in [3.8, 4) is 0 Å². The molecule has 1 aromatic heterocycles. The molecular formula is C9H11BrN2S. The van der Waals surface area contributed by atoms with Gasteiger partial charge in [-0.25, -0.2) is 9.97 Å². The monoisotopic (exact) mass is 258 g/mol. The lowest BCUT2D eigenvalue weighted by molar-refractivity contribution is 0.904. The molecule has 0 unspecified atom stereocenters. The van der Waals surface area contributed by atoms with E-state index in [0.29, 0.717) is 0 Å². The van der Waals surface area contributed by atoms with Gasteiger partial charge in [-0.2, -0.15) is 11.8 Å². The summed E-state index contributed by atoms with van der Waals surface area (Å²) in [6.07, 6.45) is 2.21. The number of rotatable bonds is 0. The molecule has 0 bridgehead atoms. The summed E-state index contributed by atoms with van der Waals surface area (Å²) in [5.41, 5.74) is 3.75. The summed E-state index contributed by atoms with van der Waals surface area (Å²) >= 11 is 5.34. The zero-order chi connectivity index (χ0) is 9.26. The van der Waals surface area contributed by atoms with E-state index in [2.05, 4.69) is 32.8 Å². The molecule has 2 heterocycles. The molecule has 2 nitrogen and oxygen atoms in total. The van der Waals surface area contributed by atoms with Crippen molar-refractivity contribution in [1.82, 2.24) is 9.97 Å². The first-order valence-corrected chi connectivity index (χ1v) is 6.32. The first-order chi connectivity index (χ1) is 6.27. The second-order valence-electron chi connectivity index (χ2n) is 3.12. The van der Waals surface area contributed by atoms with Crippen molar-refractivity contribution in [2.75, 3.05) is 11.5 Å². The Bertz CT molecular complexity index is 328. The van der Waals surface area contributed by atoms with E-state index in [0.717, 1.165) is 23.3 Å². The van der Waals surface area contributed by atoms with Gasteiger partial charge in [0, 0.05) is 11.4 Å². The topological polar surface area (TPSA) is 25.8 Å². The van der Waals surface area contributed by atoms with Gasteiger partial charge in [-0.05, 0) is 52.8 Å². The molecule has 1 aliphatic heterocycles. The number of nitrogens with zero attached hydrogens (tertiary/aromatic N) is 2. The zero-order valence-electron chi connectivity index (χ0n) is 7.51. The number of aryl methyl sites for hydroxylation is 2. The van der Waals surface area contributed by atoms with Crippen LogP contribution in [0.2, 0.25) is 0 Å². The molecule has 1 aromatic rings. The minimum atomic E-state index is 0.732.